The van der Waals surface area contributed by atoms with Gasteiger partial charge in [-0.3, -0.25) is 9.59 Å². The molecular weight excluding hydrogens is 410 g/mol. The summed E-state index contributed by atoms with van der Waals surface area (Å²) in [6, 6.07) is 13.9. The van der Waals surface area contributed by atoms with Crippen molar-refractivity contribution in [3.05, 3.63) is 80.5 Å². The highest BCUT2D eigenvalue weighted by atomic mass is 35.5. The standard InChI is InChI=1S/C22H18ClNO4S/c23-17-11-14(12-18-21(17)28-9-4-8-27-18)13-24-22(26)16-6-2-1-5-15(16)20(25)19-7-3-10-29-19/h1-3,5-7,10-12H,4,8-9,13H2,(H,24,26). The van der Waals surface area contributed by atoms with E-state index in [0.717, 1.165) is 12.0 Å². The van der Waals surface area contributed by atoms with Crippen molar-refractivity contribution < 1.29 is 19.1 Å². The molecule has 2 aromatic carbocycles. The van der Waals surface area contributed by atoms with E-state index in [0.29, 0.717) is 45.7 Å². The average molecular weight is 428 g/mol. The van der Waals surface area contributed by atoms with Gasteiger partial charge in [0.1, 0.15) is 0 Å². The van der Waals surface area contributed by atoms with Gasteiger partial charge in [-0.1, -0.05) is 35.9 Å². The van der Waals surface area contributed by atoms with E-state index in [1.165, 1.54) is 11.3 Å². The molecule has 0 unspecified atom stereocenters. The van der Waals surface area contributed by atoms with Gasteiger partial charge >= 0.3 is 0 Å². The minimum Gasteiger partial charge on any atom is -0.489 e. The Kier molecular flexibility index (Phi) is 5.83. The highest BCUT2D eigenvalue weighted by Crippen LogP contribution is 2.38. The third-order valence-electron chi connectivity index (χ3n) is 4.48. The van der Waals surface area contributed by atoms with Gasteiger partial charge < -0.3 is 14.8 Å². The minimum atomic E-state index is -0.325. The Morgan fingerprint density at radius 3 is 2.62 bits per heavy atom. The minimum absolute atomic E-state index is 0.163. The van der Waals surface area contributed by atoms with Crippen LogP contribution in [0.5, 0.6) is 11.5 Å². The summed E-state index contributed by atoms with van der Waals surface area (Å²) in [6.07, 6.45) is 0.784. The van der Waals surface area contributed by atoms with Crippen molar-refractivity contribution in [1.29, 1.82) is 0 Å². The zero-order valence-electron chi connectivity index (χ0n) is 15.4. The van der Waals surface area contributed by atoms with Crippen molar-refractivity contribution in [2.75, 3.05) is 13.2 Å². The van der Waals surface area contributed by atoms with E-state index < -0.39 is 0 Å². The third kappa shape index (κ3) is 4.28. The maximum absolute atomic E-state index is 12.8. The van der Waals surface area contributed by atoms with Gasteiger partial charge in [0, 0.05) is 18.5 Å². The number of rotatable bonds is 5. The molecule has 5 nitrogen and oxygen atoms in total. The van der Waals surface area contributed by atoms with Gasteiger partial charge in [0.2, 0.25) is 5.78 Å². The van der Waals surface area contributed by atoms with Crippen LogP contribution >= 0.6 is 22.9 Å². The van der Waals surface area contributed by atoms with Crippen LogP contribution in [-0.4, -0.2) is 24.9 Å². The quantitative estimate of drug-likeness (QED) is 0.598. The van der Waals surface area contributed by atoms with Gasteiger partial charge in [0.15, 0.2) is 11.5 Å². The summed E-state index contributed by atoms with van der Waals surface area (Å²) in [5.74, 6) is 0.622. The number of carbonyl (C=O) groups excluding carboxylic acids is 2. The Morgan fingerprint density at radius 2 is 1.83 bits per heavy atom. The maximum atomic E-state index is 12.8. The van der Waals surface area contributed by atoms with Crippen LogP contribution in [0.15, 0.2) is 53.9 Å². The van der Waals surface area contributed by atoms with Crippen molar-refractivity contribution in [2.45, 2.75) is 13.0 Å². The van der Waals surface area contributed by atoms with Crippen LogP contribution in [0.25, 0.3) is 0 Å². The van der Waals surface area contributed by atoms with Crippen molar-refractivity contribution >= 4 is 34.6 Å². The molecule has 0 radical (unpaired) electrons. The van der Waals surface area contributed by atoms with E-state index in [4.69, 9.17) is 21.1 Å². The molecule has 0 spiro atoms. The van der Waals surface area contributed by atoms with Gasteiger partial charge in [-0.05, 0) is 35.2 Å². The number of hydrogen-bond donors (Lipinski definition) is 1. The molecule has 1 aliphatic heterocycles. The number of benzene rings is 2. The number of amides is 1. The number of fused-ring (bicyclic) bond motifs is 1. The number of hydrogen-bond acceptors (Lipinski definition) is 5. The van der Waals surface area contributed by atoms with Crippen LogP contribution in [-0.2, 0) is 6.54 Å². The predicted octanol–water partition coefficient (Wildman–Crippen LogP) is 4.72. The molecular formula is C22H18ClNO4S. The second-order valence-corrected chi connectivity index (χ2v) is 7.84. The Bertz CT molecular complexity index is 1050. The molecule has 7 heteroatoms. The van der Waals surface area contributed by atoms with E-state index in [-0.39, 0.29) is 18.2 Å². The van der Waals surface area contributed by atoms with Crippen LogP contribution in [0.2, 0.25) is 5.02 Å². The van der Waals surface area contributed by atoms with E-state index >= 15 is 0 Å². The molecule has 1 amide bonds. The van der Waals surface area contributed by atoms with Crippen LogP contribution < -0.4 is 14.8 Å². The number of ether oxygens (including phenoxy) is 2. The molecule has 0 saturated heterocycles. The molecule has 0 fully saturated rings. The first-order chi connectivity index (χ1) is 14.1. The van der Waals surface area contributed by atoms with Crippen molar-refractivity contribution in [3.63, 3.8) is 0 Å². The molecule has 0 saturated carbocycles. The maximum Gasteiger partial charge on any atom is 0.252 e. The van der Waals surface area contributed by atoms with Crippen LogP contribution in [0.3, 0.4) is 0 Å². The van der Waals surface area contributed by atoms with E-state index in [9.17, 15) is 9.59 Å². The topological polar surface area (TPSA) is 64.6 Å². The predicted molar refractivity (Wildman–Crippen MR) is 112 cm³/mol. The summed E-state index contributed by atoms with van der Waals surface area (Å²) in [6.45, 7) is 1.35. The first kappa shape index (κ1) is 19.5. The second kappa shape index (κ2) is 8.68. The third-order valence-corrected chi connectivity index (χ3v) is 5.63. The molecule has 0 bridgehead atoms. The molecule has 4 rings (SSSR count). The number of nitrogens with one attached hydrogen (secondary N) is 1. The zero-order valence-corrected chi connectivity index (χ0v) is 17.0. The largest absolute Gasteiger partial charge is 0.489 e. The fraction of sp³-hybridized carbons (Fsp3) is 0.182. The van der Waals surface area contributed by atoms with E-state index in [2.05, 4.69) is 5.32 Å². The molecule has 1 aromatic heterocycles. The van der Waals surface area contributed by atoms with E-state index in [1.807, 2.05) is 17.5 Å². The lowest BCUT2D eigenvalue weighted by Gasteiger charge is -2.13. The summed E-state index contributed by atoms with van der Waals surface area (Å²) < 4.78 is 11.3. The summed E-state index contributed by atoms with van der Waals surface area (Å²) in [4.78, 5) is 26.1. The highest BCUT2D eigenvalue weighted by Gasteiger charge is 2.19. The van der Waals surface area contributed by atoms with E-state index in [1.54, 1.807) is 36.4 Å². The summed E-state index contributed by atoms with van der Waals surface area (Å²) in [5.41, 5.74) is 1.50. The fourth-order valence-electron chi connectivity index (χ4n) is 3.08. The first-order valence-corrected chi connectivity index (χ1v) is 10.4. The van der Waals surface area contributed by atoms with Gasteiger partial charge in [-0.15, -0.1) is 11.3 Å². The Balaban J connectivity index is 1.52. The molecule has 2 heterocycles. The summed E-state index contributed by atoms with van der Waals surface area (Å²) >= 11 is 7.67. The van der Waals surface area contributed by atoms with Crippen LogP contribution in [0, 0.1) is 0 Å². The zero-order chi connectivity index (χ0) is 20.2. The highest BCUT2D eigenvalue weighted by molar-refractivity contribution is 7.12. The lowest BCUT2D eigenvalue weighted by atomic mass is 10.0. The summed E-state index contributed by atoms with van der Waals surface area (Å²) in [5, 5.41) is 5.15. The SMILES string of the molecule is O=C(NCc1cc(Cl)c2c(c1)OCCCO2)c1ccccc1C(=O)c1cccs1. The monoisotopic (exact) mass is 427 g/mol. The van der Waals surface area contributed by atoms with Gasteiger partial charge in [-0.2, -0.15) is 0 Å². The molecule has 29 heavy (non-hydrogen) atoms. The Morgan fingerprint density at radius 1 is 1.03 bits per heavy atom. The van der Waals surface area contributed by atoms with Crippen LogP contribution in [0.4, 0.5) is 0 Å². The first-order valence-electron chi connectivity index (χ1n) is 9.17. The lowest BCUT2D eigenvalue weighted by Crippen LogP contribution is -2.25. The molecule has 1 N–H and O–H groups in total. The second-order valence-electron chi connectivity index (χ2n) is 6.49. The molecule has 0 atom stereocenters. The van der Waals surface area contributed by atoms with Gasteiger partial charge in [0.25, 0.3) is 5.91 Å². The van der Waals surface area contributed by atoms with Crippen molar-refractivity contribution in [3.8, 4) is 11.5 Å². The Labute approximate surface area is 177 Å². The fourth-order valence-corrected chi connectivity index (χ4v) is 4.05. The number of ketones is 1. The van der Waals surface area contributed by atoms with Gasteiger partial charge in [0.05, 0.1) is 28.7 Å². The number of carbonyl (C=O) groups is 2. The van der Waals surface area contributed by atoms with Crippen LogP contribution in [0.1, 0.15) is 37.6 Å². The molecule has 3 aromatic rings. The van der Waals surface area contributed by atoms with Crippen molar-refractivity contribution in [2.24, 2.45) is 0 Å². The molecule has 0 aliphatic carbocycles. The summed E-state index contributed by atoms with van der Waals surface area (Å²) in [7, 11) is 0. The normalized spacial score (nSPS) is 12.9. The molecule has 1 aliphatic rings. The lowest BCUT2D eigenvalue weighted by molar-refractivity contribution is 0.0940. The Hall–Kier alpha value is -2.83. The molecule has 148 valence electrons. The van der Waals surface area contributed by atoms with Crippen molar-refractivity contribution in [1.82, 2.24) is 5.32 Å². The average Bonchev–Trinajstić information content (AvgIpc) is 3.17. The van der Waals surface area contributed by atoms with Gasteiger partial charge in [-0.25, -0.2) is 0 Å². The number of thiophene rings is 1. The number of halogens is 1. The smallest absolute Gasteiger partial charge is 0.252 e.